The fourth-order valence-electron chi connectivity index (χ4n) is 2.75. The van der Waals surface area contributed by atoms with Crippen molar-refractivity contribution in [2.75, 3.05) is 6.61 Å². The molecule has 2 fully saturated rings. The third-order valence-electron chi connectivity index (χ3n) is 3.93. The van der Waals surface area contributed by atoms with Crippen LogP contribution in [0, 0.1) is 11.3 Å². The smallest absolute Gasteiger partial charge is 0.0490 e. The van der Waals surface area contributed by atoms with E-state index in [-0.39, 0.29) is 0 Å². The van der Waals surface area contributed by atoms with Crippen molar-refractivity contribution in [1.82, 2.24) is 0 Å². The minimum absolute atomic E-state index is 0.407. The highest BCUT2D eigenvalue weighted by atomic mass is 16.3. The predicted octanol–water partition coefficient (Wildman–Crippen LogP) is 2.73. The molecule has 1 N–H and O–H groups in total. The Bertz CT molecular complexity index is 141. The SMILES string of the molecule is OCC1(C2CCCCCC2)CC1. The second-order valence-electron chi connectivity index (χ2n) is 4.71. The van der Waals surface area contributed by atoms with Crippen LogP contribution in [0.4, 0.5) is 0 Å². The molecule has 0 radical (unpaired) electrons. The molecule has 0 atom stereocenters. The van der Waals surface area contributed by atoms with Crippen molar-refractivity contribution in [2.45, 2.75) is 51.4 Å². The first kappa shape index (κ1) is 8.55. The molecule has 70 valence electrons. The van der Waals surface area contributed by atoms with Gasteiger partial charge in [-0.05, 0) is 37.0 Å². The van der Waals surface area contributed by atoms with E-state index in [2.05, 4.69) is 0 Å². The normalized spacial score (nSPS) is 29.8. The molecule has 12 heavy (non-hydrogen) atoms. The Kier molecular flexibility index (Phi) is 2.40. The molecule has 2 saturated carbocycles. The van der Waals surface area contributed by atoms with E-state index in [4.69, 9.17) is 0 Å². The van der Waals surface area contributed by atoms with Crippen LogP contribution in [0.5, 0.6) is 0 Å². The lowest BCUT2D eigenvalue weighted by molar-refractivity contribution is 0.144. The third kappa shape index (κ3) is 1.52. The van der Waals surface area contributed by atoms with Gasteiger partial charge in [0.05, 0.1) is 0 Å². The van der Waals surface area contributed by atoms with Crippen molar-refractivity contribution in [1.29, 1.82) is 0 Å². The molecular formula is C11H20O. The van der Waals surface area contributed by atoms with E-state index in [0.29, 0.717) is 12.0 Å². The molecule has 0 aromatic heterocycles. The summed E-state index contributed by atoms with van der Waals surface area (Å²) in [5.41, 5.74) is 0.407. The van der Waals surface area contributed by atoms with E-state index in [1.54, 1.807) is 0 Å². The van der Waals surface area contributed by atoms with Gasteiger partial charge in [0.15, 0.2) is 0 Å². The lowest BCUT2D eigenvalue weighted by Gasteiger charge is -2.23. The Morgan fingerprint density at radius 1 is 1.00 bits per heavy atom. The van der Waals surface area contributed by atoms with Crippen LogP contribution in [-0.4, -0.2) is 11.7 Å². The summed E-state index contributed by atoms with van der Waals surface area (Å²) >= 11 is 0. The molecule has 2 rings (SSSR count). The van der Waals surface area contributed by atoms with Crippen LogP contribution in [0.15, 0.2) is 0 Å². The number of hydrogen-bond acceptors (Lipinski definition) is 1. The molecule has 2 aliphatic carbocycles. The third-order valence-corrected chi connectivity index (χ3v) is 3.93. The van der Waals surface area contributed by atoms with Gasteiger partial charge in [-0.1, -0.05) is 25.7 Å². The molecule has 0 saturated heterocycles. The Hall–Kier alpha value is -0.0400. The largest absolute Gasteiger partial charge is 0.396 e. The zero-order chi connectivity index (χ0) is 8.44. The van der Waals surface area contributed by atoms with Crippen LogP contribution in [0.1, 0.15) is 51.4 Å². The van der Waals surface area contributed by atoms with Crippen molar-refractivity contribution in [3.8, 4) is 0 Å². The summed E-state index contributed by atoms with van der Waals surface area (Å²) in [5.74, 6) is 0.866. The Labute approximate surface area is 75.2 Å². The van der Waals surface area contributed by atoms with Crippen LogP contribution in [0.2, 0.25) is 0 Å². The van der Waals surface area contributed by atoms with E-state index in [1.807, 2.05) is 0 Å². The highest BCUT2D eigenvalue weighted by molar-refractivity contribution is 4.98. The van der Waals surface area contributed by atoms with Crippen molar-refractivity contribution >= 4 is 0 Å². The monoisotopic (exact) mass is 168 g/mol. The zero-order valence-electron chi connectivity index (χ0n) is 7.89. The van der Waals surface area contributed by atoms with Gasteiger partial charge in [0, 0.05) is 6.61 Å². The van der Waals surface area contributed by atoms with Crippen LogP contribution >= 0.6 is 0 Å². The van der Waals surface area contributed by atoms with E-state index < -0.39 is 0 Å². The molecule has 0 unspecified atom stereocenters. The maximum absolute atomic E-state index is 9.30. The van der Waals surface area contributed by atoms with Gasteiger partial charge in [-0.2, -0.15) is 0 Å². The van der Waals surface area contributed by atoms with Crippen molar-refractivity contribution in [3.05, 3.63) is 0 Å². The molecule has 0 amide bonds. The number of rotatable bonds is 2. The minimum atomic E-state index is 0.407. The fourth-order valence-corrected chi connectivity index (χ4v) is 2.75. The first-order valence-corrected chi connectivity index (χ1v) is 5.48. The minimum Gasteiger partial charge on any atom is -0.396 e. The van der Waals surface area contributed by atoms with Crippen molar-refractivity contribution in [3.63, 3.8) is 0 Å². The summed E-state index contributed by atoms with van der Waals surface area (Å²) in [6.07, 6.45) is 11.1. The van der Waals surface area contributed by atoms with Gasteiger partial charge in [0.25, 0.3) is 0 Å². The predicted molar refractivity (Wildman–Crippen MR) is 49.9 cm³/mol. The second kappa shape index (κ2) is 3.37. The molecule has 0 aliphatic heterocycles. The van der Waals surface area contributed by atoms with Gasteiger partial charge in [-0.3, -0.25) is 0 Å². The molecule has 0 aromatic rings. The molecule has 0 heterocycles. The topological polar surface area (TPSA) is 20.2 Å². The highest BCUT2D eigenvalue weighted by Gasteiger charge is 2.47. The fraction of sp³-hybridized carbons (Fsp3) is 1.00. The van der Waals surface area contributed by atoms with Crippen LogP contribution < -0.4 is 0 Å². The molecule has 1 nitrogen and oxygen atoms in total. The maximum atomic E-state index is 9.30. The molecule has 0 bridgehead atoms. The van der Waals surface area contributed by atoms with Crippen molar-refractivity contribution < 1.29 is 5.11 Å². The summed E-state index contributed by atoms with van der Waals surface area (Å²) in [7, 11) is 0. The standard InChI is InChI=1S/C11H20O/c12-9-11(7-8-11)10-5-3-1-2-4-6-10/h10,12H,1-9H2. The van der Waals surface area contributed by atoms with E-state index in [9.17, 15) is 5.11 Å². The first-order chi connectivity index (χ1) is 5.87. The lowest BCUT2D eigenvalue weighted by atomic mass is 9.84. The van der Waals surface area contributed by atoms with Gasteiger partial charge < -0.3 is 5.11 Å². The van der Waals surface area contributed by atoms with E-state index in [0.717, 1.165) is 5.92 Å². The summed E-state index contributed by atoms with van der Waals surface area (Å²) in [6, 6.07) is 0. The Balaban J connectivity index is 1.92. The van der Waals surface area contributed by atoms with Crippen LogP contribution in [-0.2, 0) is 0 Å². The van der Waals surface area contributed by atoms with Crippen molar-refractivity contribution in [2.24, 2.45) is 11.3 Å². The van der Waals surface area contributed by atoms with E-state index in [1.165, 1.54) is 51.4 Å². The molecule has 0 aromatic carbocycles. The zero-order valence-corrected chi connectivity index (χ0v) is 7.89. The summed E-state index contributed by atoms with van der Waals surface area (Å²) in [4.78, 5) is 0. The van der Waals surface area contributed by atoms with E-state index >= 15 is 0 Å². The lowest BCUT2D eigenvalue weighted by Crippen LogP contribution is -2.19. The van der Waals surface area contributed by atoms with Gasteiger partial charge >= 0.3 is 0 Å². The van der Waals surface area contributed by atoms with Gasteiger partial charge in [0.2, 0.25) is 0 Å². The first-order valence-electron chi connectivity index (χ1n) is 5.48. The molecule has 0 spiro atoms. The highest BCUT2D eigenvalue weighted by Crippen LogP contribution is 2.55. The molecule has 2 aliphatic rings. The average Bonchev–Trinajstić information content (AvgIpc) is 2.90. The summed E-state index contributed by atoms with van der Waals surface area (Å²) in [5, 5.41) is 9.30. The average molecular weight is 168 g/mol. The maximum Gasteiger partial charge on any atom is 0.0490 e. The molecular weight excluding hydrogens is 148 g/mol. The second-order valence-corrected chi connectivity index (χ2v) is 4.71. The Morgan fingerprint density at radius 2 is 1.58 bits per heavy atom. The summed E-state index contributed by atoms with van der Waals surface area (Å²) < 4.78 is 0. The van der Waals surface area contributed by atoms with Crippen LogP contribution in [0.25, 0.3) is 0 Å². The van der Waals surface area contributed by atoms with Gasteiger partial charge in [-0.25, -0.2) is 0 Å². The van der Waals surface area contributed by atoms with Gasteiger partial charge in [0.1, 0.15) is 0 Å². The number of aliphatic hydroxyl groups is 1. The van der Waals surface area contributed by atoms with Crippen LogP contribution in [0.3, 0.4) is 0 Å². The summed E-state index contributed by atoms with van der Waals surface area (Å²) in [6.45, 7) is 0.456. The quantitative estimate of drug-likeness (QED) is 0.629. The Morgan fingerprint density at radius 3 is 2.00 bits per heavy atom. The molecule has 1 heteroatoms. The van der Waals surface area contributed by atoms with Gasteiger partial charge in [-0.15, -0.1) is 0 Å². The number of aliphatic hydroxyl groups excluding tert-OH is 1. The number of hydrogen-bond donors (Lipinski definition) is 1.